The van der Waals surface area contributed by atoms with E-state index in [-0.39, 0.29) is 5.91 Å². The van der Waals surface area contributed by atoms with E-state index in [0.717, 1.165) is 39.4 Å². The van der Waals surface area contributed by atoms with Crippen LogP contribution in [0.25, 0.3) is 10.2 Å². The highest BCUT2D eigenvalue weighted by Crippen LogP contribution is 2.36. The Bertz CT molecular complexity index is 888. The zero-order valence-electron chi connectivity index (χ0n) is 17.0. The van der Waals surface area contributed by atoms with Gasteiger partial charge in [0.25, 0.3) is 5.91 Å². The molecule has 4 rings (SSSR count). The summed E-state index contributed by atoms with van der Waals surface area (Å²) in [5, 5.41) is 4.18. The minimum absolute atomic E-state index is 0.0227. The number of hydrogen-bond donors (Lipinski definition) is 1. The number of thiophene rings is 1. The number of fused-ring (bicyclic) bond motifs is 1. The molecule has 5 nitrogen and oxygen atoms in total. The van der Waals surface area contributed by atoms with Crippen LogP contribution in [0.3, 0.4) is 0 Å². The van der Waals surface area contributed by atoms with Crippen molar-refractivity contribution >= 4 is 33.3 Å². The Labute approximate surface area is 171 Å². The third-order valence-corrected chi connectivity index (χ3v) is 7.30. The van der Waals surface area contributed by atoms with Crippen molar-refractivity contribution in [2.24, 2.45) is 0 Å². The molecule has 28 heavy (non-hydrogen) atoms. The largest absolute Gasteiger partial charge is 0.353 e. The lowest BCUT2D eigenvalue weighted by Gasteiger charge is -2.34. The average molecular weight is 399 g/mol. The summed E-state index contributed by atoms with van der Waals surface area (Å²) >= 11 is 1.49. The zero-order valence-corrected chi connectivity index (χ0v) is 17.8. The fourth-order valence-electron chi connectivity index (χ4n) is 4.45. The Kier molecular flexibility index (Phi) is 5.95. The number of piperidine rings is 1. The Hall–Kier alpha value is -1.95. The van der Waals surface area contributed by atoms with Crippen LogP contribution in [0.5, 0.6) is 0 Å². The number of anilines is 1. The second-order valence-electron chi connectivity index (χ2n) is 8.09. The topological polar surface area (TPSA) is 58.1 Å². The second-order valence-corrected chi connectivity index (χ2v) is 9.08. The van der Waals surface area contributed by atoms with Crippen molar-refractivity contribution in [1.29, 1.82) is 0 Å². The van der Waals surface area contributed by atoms with Gasteiger partial charge in [0.15, 0.2) is 0 Å². The minimum atomic E-state index is 0.0227. The number of allylic oxidation sites excluding steroid dienone is 1. The molecule has 0 aromatic carbocycles. The van der Waals surface area contributed by atoms with E-state index < -0.39 is 0 Å². The van der Waals surface area contributed by atoms with Crippen molar-refractivity contribution in [1.82, 2.24) is 15.3 Å². The van der Waals surface area contributed by atoms with Gasteiger partial charge in [-0.05, 0) is 70.8 Å². The molecular weight excluding hydrogens is 368 g/mol. The summed E-state index contributed by atoms with van der Waals surface area (Å²) in [5.41, 5.74) is 2.51. The van der Waals surface area contributed by atoms with Gasteiger partial charge in [0.05, 0.1) is 10.3 Å². The summed E-state index contributed by atoms with van der Waals surface area (Å²) in [6.45, 7) is 6.04. The van der Waals surface area contributed by atoms with Gasteiger partial charge < -0.3 is 10.2 Å². The molecule has 6 heteroatoms. The van der Waals surface area contributed by atoms with Crippen LogP contribution < -0.4 is 10.2 Å². The van der Waals surface area contributed by atoms with Crippen molar-refractivity contribution in [3.63, 3.8) is 0 Å². The molecule has 0 unspecified atom stereocenters. The molecule has 0 spiro atoms. The van der Waals surface area contributed by atoms with Crippen LogP contribution in [0.15, 0.2) is 18.0 Å². The average Bonchev–Trinajstić information content (AvgIpc) is 3.06. The third-order valence-electron chi connectivity index (χ3n) is 6.10. The van der Waals surface area contributed by atoms with E-state index in [1.54, 1.807) is 6.33 Å². The van der Waals surface area contributed by atoms with Gasteiger partial charge in [-0.3, -0.25) is 4.79 Å². The maximum atomic E-state index is 12.8. The molecule has 0 saturated carbocycles. The monoisotopic (exact) mass is 398 g/mol. The number of carbonyl (C=O) groups is 1. The molecule has 2 aromatic heterocycles. The second kappa shape index (κ2) is 8.60. The van der Waals surface area contributed by atoms with Crippen LogP contribution in [-0.2, 0) is 0 Å². The predicted octanol–water partition coefficient (Wildman–Crippen LogP) is 5.00. The van der Waals surface area contributed by atoms with E-state index >= 15 is 0 Å². The van der Waals surface area contributed by atoms with E-state index in [0.29, 0.717) is 12.6 Å². The van der Waals surface area contributed by atoms with E-state index in [1.165, 1.54) is 61.9 Å². The van der Waals surface area contributed by atoms with Gasteiger partial charge in [-0.15, -0.1) is 11.3 Å². The Balaban J connectivity index is 1.53. The van der Waals surface area contributed by atoms with Crippen molar-refractivity contribution in [3.8, 4) is 0 Å². The molecule has 1 saturated heterocycles. The van der Waals surface area contributed by atoms with Gasteiger partial charge in [0.2, 0.25) is 0 Å². The number of rotatable bonds is 5. The molecule has 3 heterocycles. The zero-order chi connectivity index (χ0) is 19.5. The SMILES string of the molecule is Cc1c(C(=O)NCCC2=CCCCC2)sc2ncnc(N3CCCC[C@H]3C)c12. The molecule has 1 aliphatic heterocycles. The fraction of sp³-hybridized carbons (Fsp3) is 0.591. The molecule has 1 atom stereocenters. The molecular formula is C22H30N4OS. The maximum Gasteiger partial charge on any atom is 0.261 e. The Morgan fingerprint density at radius 3 is 2.96 bits per heavy atom. The van der Waals surface area contributed by atoms with E-state index in [9.17, 15) is 4.79 Å². The molecule has 150 valence electrons. The number of nitrogens with zero attached hydrogens (tertiary/aromatic N) is 3. The first kappa shape index (κ1) is 19.4. The summed E-state index contributed by atoms with van der Waals surface area (Å²) in [4.78, 5) is 26.0. The molecule has 1 aliphatic carbocycles. The van der Waals surface area contributed by atoms with Crippen molar-refractivity contribution in [3.05, 3.63) is 28.4 Å². The van der Waals surface area contributed by atoms with Crippen LogP contribution in [0.2, 0.25) is 0 Å². The summed E-state index contributed by atoms with van der Waals surface area (Å²) in [6.07, 6.45) is 13.6. The lowest BCUT2D eigenvalue weighted by Crippen LogP contribution is -2.38. The van der Waals surface area contributed by atoms with Crippen LogP contribution in [0.1, 0.15) is 73.5 Å². The number of aromatic nitrogens is 2. The standard InChI is InChI=1S/C22H30N4OS/c1-15-8-6-7-13-26(15)20-18-16(2)19(28-22(18)25-14-24-20)21(27)23-12-11-17-9-4-3-5-10-17/h9,14-15H,3-8,10-13H2,1-2H3,(H,23,27)/t15-/m1/s1. The minimum Gasteiger partial charge on any atom is -0.353 e. The van der Waals surface area contributed by atoms with Gasteiger partial charge in [-0.2, -0.15) is 0 Å². The molecule has 2 aliphatic rings. The predicted molar refractivity (Wildman–Crippen MR) is 116 cm³/mol. The van der Waals surface area contributed by atoms with Crippen LogP contribution in [0, 0.1) is 6.92 Å². The highest BCUT2D eigenvalue weighted by Gasteiger charge is 2.25. The van der Waals surface area contributed by atoms with Gasteiger partial charge in [0, 0.05) is 19.1 Å². The number of hydrogen-bond acceptors (Lipinski definition) is 5. The van der Waals surface area contributed by atoms with Crippen molar-refractivity contribution in [2.75, 3.05) is 18.0 Å². The van der Waals surface area contributed by atoms with Crippen molar-refractivity contribution < 1.29 is 4.79 Å². The summed E-state index contributed by atoms with van der Waals surface area (Å²) in [6, 6.07) is 0.479. The Morgan fingerprint density at radius 2 is 2.18 bits per heavy atom. The highest BCUT2D eigenvalue weighted by atomic mass is 32.1. The summed E-state index contributed by atoms with van der Waals surface area (Å²) in [5.74, 6) is 1.02. The van der Waals surface area contributed by atoms with Gasteiger partial charge in [-0.1, -0.05) is 11.6 Å². The summed E-state index contributed by atoms with van der Waals surface area (Å²) in [7, 11) is 0. The smallest absolute Gasteiger partial charge is 0.261 e. The number of carbonyl (C=O) groups excluding carboxylic acids is 1. The first-order chi connectivity index (χ1) is 13.6. The van der Waals surface area contributed by atoms with Gasteiger partial charge >= 0.3 is 0 Å². The molecule has 1 fully saturated rings. The molecule has 0 bridgehead atoms. The van der Waals surface area contributed by atoms with Crippen LogP contribution in [-0.4, -0.2) is 35.0 Å². The molecule has 1 amide bonds. The first-order valence-corrected chi connectivity index (χ1v) is 11.4. The van der Waals surface area contributed by atoms with Gasteiger partial charge in [-0.25, -0.2) is 9.97 Å². The quantitative estimate of drug-likeness (QED) is 0.720. The third kappa shape index (κ3) is 3.93. The first-order valence-electron chi connectivity index (χ1n) is 10.6. The van der Waals surface area contributed by atoms with Gasteiger partial charge in [0.1, 0.15) is 17.0 Å². The van der Waals surface area contributed by atoms with E-state index in [1.807, 2.05) is 6.92 Å². The number of amides is 1. The van der Waals surface area contributed by atoms with E-state index in [2.05, 4.69) is 33.2 Å². The number of nitrogens with one attached hydrogen (secondary N) is 1. The Morgan fingerprint density at radius 1 is 1.29 bits per heavy atom. The van der Waals surface area contributed by atoms with E-state index in [4.69, 9.17) is 0 Å². The van der Waals surface area contributed by atoms with Crippen LogP contribution in [0.4, 0.5) is 5.82 Å². The fourth-order valence-corrected chi connectivity index (χ4v) is 5.51. The molecule has 1 N–H and O–H groups in total. The maximum absolute atomic E-state index is 12.8. The lowest BCUT2D eigenvalue weighted by molar-refractivity contribution is 0.0957. The summed E-state index contributed by atoms with van der Waals surface area (Å²) < 4.78 is 0. The number of aryl methyl sites for hydroxylation is 1. The lowest BCUT2D eigenvalue weighted by atomic mass is 9.97. The van der Waals surface area contributed by atoms with Crippen molar-refractivity contribution in [2.45, 2.75) is 71.3 Å². The molecule has 0 radical (unpaired) electrons. The highest BCUT2D eigenvalue weighted by molar-refractivity contribution is 7.20. The van der Waals surface area contributed by atoms with Crippen LogP contribution >= 0.6 is 11.3 Å². The normalized spacial score (nSPS) is 20.3. The molecule has 2 aromatic rings.